The monoisotopic (exact) mass is 538 g/mol. The number of hydrogen-bond donors (Lipinski definition) is 2. The summed E-state index contributed by atoms with van der Waals surface area (Å²) in [7, 11) is 0. The normalized spacial score (nSPS) is 12.9. The highest BCUT2D eigenvalue weighted by Gasteiger charge is 2.16. The van der Waals surface area contributed by atoms with Gasteiger partial charge in [0, 0.05) is 48.7 Å². The Hall–Kier alpha value is -1.63. The van der Waals surface area contributed by atoms with E-state index in [1.807, 2.05) is 0 Å². The molecule has 0 fully saturated rings. The quantitative estimate of drug-likeness (QED) is 0.148. The maximum Gasteiger partial charge on any atom is 0.305 e. The summed E-state index contributed by atoms with van der Waals surface area (Å²) in [6.45, 7) is 8.72. The van der Waals surface area contributed by atoms with Crippen LogP contribution in [0.4, 0.5) is 0 Å². The molecule has 0 radical (unpaired) electrons. The van der Waals surface area contributed by atoms with Gasteiger partial charge in [0.15, 0.2) is 0 Å². The molecule has 4 N–H and O–H groups in total. The van der Waals surface area contributed by atoms with E-state index in [2.05, 4.69) is 0 Å². The van der Waals surface area contributed by atoms with Gasteiger partial charge in [-0.2, -0.15) is 23.5 Å². The van der Waals surface area contributed by atoms with E-state index in [-0.39, 0.29) is 42.2 Å². The summed E-state index contributed by atoms with van der Waals surface area (Å²) in [4.78, 5) is 54.9. The van der Waals surface area contributed by atoms with Crippen LogP contribution in [0.3, 0.4) is 0 Å². The van der Waals surface area contributed by atoms with E-state index < -0.39 is 12.1 Å². The van der Waals surface area contributed by atoms with E-state index in [9.17, 15) is 24.0 Å². The number of carbonyl (C=O) groups is 5. The van der Waals surface area contributed by atoms with Gasteiger partial charge in [0.1, 0.15) is 24.3 Å². The lowest BCUT2D eigenvalue weighted by Crippen LogP contribution is -2.32. The Labute approximate surface area is 217 Å². The third-order valence-electron chi connectivity index (χ3n) is 4.30. The number of esters is 3. The second-order valence-corrected chi connectivity index (χ2v) is 9.67. The molecule has 0 aromatic carbocycles. The number of Topliss-reactive ketones (excluding diaryl/α,β-unsaturated/α-hetero) is 2. The maximum atomic E-state index is 11.4. The minimum absolute atomic E-state index is 0.0111. The first-order valence-corrected chi connectivity index (χ1v) is 14.0. The average molecular weight is 539 g/mol. The summed E-state index contributed by atoms with van der Waals surface area (Å²) in [5, 5.41) is 0. The van der Waals surface area contributed by atoms with Crippen molar-refractivity contribution in [1.29, 1.82) is 0 Å². The van der Waals surface area contributed by atoms with Gasteiger partial charge < -0.3 is 25.7 Å². The molecule has 0 aromatic heterocycles. The maximum absolute atomic E-state index is 11.4. The van der Waals surface area contributed by atoms with Crippen molar-refractivity contribution in [2.24, 2.45) is 11.5 Å². The van der Waals surface area contributed by atoms with E-state index in [0.717, 1.165) is 0 Å². The Bertz CT molecular complexity index is 649. The SMILES string of the molecule is CCC(=O)OCCC(CSC[C@H](N)C(C)=O)OC(=O)CC.CCC(=O)OCCSC[C@H](N)C(C)=O. The Morgan fingerprint density at radius 3 is 1.60 bits per heavy atom. The van der Waals surface area contributed by atoms with Gasteiger partial charge in [0.05, 0.1) is 18.7 Å². The summed E-state index contributed by atoms with van der Waals surface area (Å²) >= 11 is 2.97. The van der Waals surface area contributed by atoms with Gasteiger partial charge in [0.2, 0.25) is 0 Å². The summed E-state index contributed by atoms with van der Waals surface area (Å²) in [6, 6.07) is -0.905. The molecule has 0 aliphatic heterocycles. The second kappa shape index (κ2) is 22.8. The standard InChI is InChI=1S/C14H25NO5S.C9H17NO3S/c1-4-13(17)19-7-6-11(20-14(18)5-2)8-21-9-12(15)10(3)16;1-3-9(12)13-4-5-14-6-8(10)7(2)11/h11-12H,4-9,15H2,1-3H3;8H,3-6,10H2,1-2H3/t11?,12-;8-/m00/s1. The van der Waals surface area contributed by atoms with Crippen LogP contribution in [0.25, 0.3) is 0 Å². The van der Waals surface area contributed by atoms with Crippen LogP contribution in [0.15, 0.2) is 0 Å². The molecular formula is C23H42N2O8S2. The van der Waals surface area contributed by atoms with E-state index in [1.54, 1.807) is 20.8 Å². The first-order valence-electron chi connectivity index (χ1n) is 11.7. The molecule has 1 unspecified atom stereocenters. The predicted molar refractivity (Wildman–Crippen MR) is 139 cm³/mol. The molecule has 0 aromatic rings. The van der Waals surface area contributed by atoms with Crippen LogP contribution in [-0.4, -0.2) is 83.9 Å². The van der Waals surface area contributed by atoms with Crippen molar-refractivity contribution in [2.45, 2.75) is 78.5 Å². The van der Waals surface area contributed by atoms with Crippen molar-refractivity contribution in [3.05, 3.63) is 0 Å². The number of ether oxygens (including phenoxy) is 3. The van der Waals surface area contributed by atoms with Gasteiger partial charge in [0.25, 0.3) is 0 Å². The molecule has 0 amide bonds. The first-order chi connectivity index (χ1) is 16.5. The van der Waals surface area contributed by atoms with Gasteiger partial charge in [-0.15, -0.1) is 0 Å². The smallest absolute Gasteiger partial charge is 0.305 e. The molecule has 0 spiro atoms. The molecule has 0 heterocycles. The number of nitrogens with two attached hydrogens (primary N) is 2. The third kappa shape index (κ3) is 22.6. The third-order valence-corrected chi connectivity index (χ3v) is 6.55. The van der Waals surface area contributed by atoms with Crippen molar-refractivity contribution in [3.8, 4) is 0 Å². The number of hydrogen-bond acceptors (Lipinski definition) is 12. The Kier molecular flexibility index (Phi) is 23.2. The van der Waals surface area contributed by atoms with E-state index in [0.29, 0.717) is 55.3 Å². The summed E-state index contributed by atoms with van der Waals surface area (Å²) in [6.07, 6.45) is 1.12. The minimum Gasteiger partial charge on any atom is -0.466 e. The number of ketones is 2. The summed E-state index contributed by atoms with van der Waals surface area (Å²) in [5.74, 6) is 1.43. The molecule has 0 saturated heterocycles. The first kappa shape index (κ1) is 35.5. The van der Waals surface area contributed by atoms with E-state index in [4.69, 9.17) is 25.7 Å². The van der Waals surface area contributed by atoms with E-state index in [1.165, 1.54) is 37.4 Å². The highest BCUT2D eigenvalue weighted by Crippen LogP contribution is 2.12. The zero-order chi connectivity index (χ0) is 27.2. The van der Waals surface area contributed by atoms with Crippen LogP contribution < -0.4 is 11.5 Å². The fraction of sp³-hybridized carbons (Fsp3) is 0.783. The summed E-state index contributed by atoms with van der Waals surface area (Å²) < 4.78 is 15.1. The zero-order valence-corrected chi connectivity index (χ0v) is 23.2. The predicted octanol–water partition coefficient (Wildman–Crippen LogP) is 1.89. The van der Waals surface area contributed by atoms with Gasteiger partial charge in [-0.25, -0.2) is 0 Å². The lowest BCUT2D eigenvalue weighted by molar-refractivity contribution is -0.150. The van der Waals surface area contributed by atoms with Crippen molar-refractivity contribution in [2.75, 3.05) is 36.2 Å². The zero-order valence-electron chi connectivity index (χ0n) is 21.5. The van der Waals surface area contributed by atoms with Gasteiger partial charge in [-0.3, -0.25) is 24.0 Å². The van der Waals surface area contributed by atoms with Crippen LogP contribution in [0.5, 0.6) is 0 Å². The highest BCUT2D eigenvalue weighted by molar-refractivity contribution is 7.99. The number of rotatable bonds is 18. The van der Waals surface area contributed by atoms with Crippen molar-refractivity contribution >= 4 is 53.0 Å². The summed E-state index contributed by atoms with van der Waals surface area (Å²) in [5.41, 5.74) is 11.1. The number of carbonyl (C=O) groups excluding carboxylic acids is 5. The molecule has 204 valence electrons. The Morgan fingerprint density at radius 2 is 1.14 bits per heavy atom. The Balaban J connectivity index is 0. The van der Waals surface area contributed by atoms with Gasteiger partial charge >= 0.3 is 17.9 Å². The van der Waals surface area contributed by atoms with Crippen LogP contribution in [0, 0.1) is 0 Å². The topological polar surface area (TPSA) is 165 Å². The van der Waals surface area contributed by atoms with Crippen LogP contribution in [-0.2, 0) is 38.2 Å². The minimum atomic E-state index is -0.504. The van der Waals surface area contributed by atoms with Crippen LogP contribution >= 0.6 is 23.5 Å². The molecule has 35 heavy (non-hydrogen) atoms. The molecule has 0 saturated carbocycles. The van der Waals surface area contributed by atoms with Crippen molar-refractivity contribution < 1.29 is 38.2 Å². The molecule has 0 aliphatic rings. The number of thioether (sulfide) groups is 2. The highest BCUT2D eigenvalue weighted by atomic mass is 32.2. The molecule has 0 rings (SSSR count). The Morgan fingerprint density at radius 1 is 0.686 bits per heavy atom. The fourth-order valence-electron chi connectivity index (χ4n) is 1.94. The van der Waals surface area contributed by atoms with Crippen LogP contribution in [0.1, 0.15) is 60.3 Å². The molecule has 3 atom stereocenters. The lowest BCUT2D eigenvalue weighted by atomic mass is 10.3. The molecule has 0 aliphatic carbocycles. The van der Waals surface area contributed by atoms with Gasteiger partial charge in [-0.1, -0.05) is 20.8 Å². The molecular weight excluding hydrogens is 496 g/mol. The fourth-order valence-corrected chi connectivity index (χ4v) is 3.92. The largest absolute Gasteiger partial charge is 0.466 e. The van der Waals surface area contributed by atoms with Gasteiger partial charge in [-0.05, 0) is 13.8 Å². The van der Waals surface area contributed by atoms with E-state index >= 15 is 0 Å². The second-order valence-electron chi connectivity index (χ2n) is 7.45. The van der Waals surface area contributed by atoms with Crippen LogP contribution in [0.2, 0.25) is 0 Å². The molecule has 0 bridgehead atoms. The molecule has 12 heteroatoms. The molecule has 10 nitrogen and oxygen atoms in total. The average Bonchev–Trinajstić information content (AvgIpc) is 2.82. The lowest BCUT2D eigenvalue weighted by Gasteiger charge is -2.18. The van der Waals surface area contributed by atoms with Crippen molar-refractivity contribution in [1.82, 2.24) is 0 Å². The van der Waals surface area contributed by atoms with Crippen molar-refractivity contribution in [3.63, 3.8) is 0 Å².